The van der Waals surface area contributed by atoms with E-state index in [4.69, 9.17) is 0 Å². The molecule has 0 bridgehead atoms. The lowest BCUT2D eigenvalue weighted by Gasteiger charge is -2.20. The molecule has 0 aliphatic rings. The zero-order chi connectivity index (χ0) is 13.8. The van der Waals surface area contributed by atoms with Crippen LogP contribution in [0.5, 0.6) is 0 Å². The molecule has 0 saturated carbocycles. The molecule has 4 heteroatoms. The fourth-order valence-electron chi connectivity index (χ4n) is 1.82. The highest BCUT2D eigenvalue weighted by Crippen LogP contribution is 2.07. The lowest BCUT2D eigenvalue weighted by molar-refractivity contribution is -0.147. The van der Waals surface area contributed by atoms with Gasteiger partial charge in [-0.1, -0.05) is 39.5 Å². The average molecular weight is 257 g/mol. The van der Waals surface area contributed by atoms with Crippen molar-refractivity contribution >= 4 is 11.9 Å². The van der Waals surface area contributed by atoms with E-state index in [-0.39, 0.29) is 18.4 Å². The van der Waals surface area contributed by atoms with Crippen LogP contribution < -0.4 is 0 Å². The third-order valence-corrected chi connectivity index (χ3v) is 2.89. The van der Waals surface area contributed by atoms with E-state index in [1.807, 2.05) is 6.92 Å². The van der Waals surface area contributed by atoms with Crippen LogP contribution in [-0.2, 0) is 14.3 Å². The summed E-state index contributed by atoms with van der Waals surface area (Å²) in [5.41, 5.74) is 0. The molecule has 106 valence electrons. The Morgan fingerprint density at radius 2 is 1.67 bits per heavy atom. The first-order valence-corrected chi connectivity index (χ1v) is 7.00. The summed E-state index contributed by atoms with van der Waals surface area (Å²) < 4.78 is 4.60. The Morgan fingerprint density at radius 3 is 2.22 bits per heavy atom. The molecule has 0 aliphatic carbocycles. The van der Waals surface area contributed by atoms with Crippen LogP contribution >= 0.6 is 0 Å². The first-order valence-electron chi connectivity index (χ1n) is 7.00. The normalized spacial score (nSPS) is 10.2. The molecule has 1 amide bonds. The first kappa shape index (κ1) is 16.9. The van der Waals surface area contributed by atoms with Crippen LogP contribution in [0.4, 0.5) is 0 Å². The zero-order valence-electron chi connectivity index (χ0n) is 12.0. The maximum atomic E-state index is 11.9. The molecule has 0 aromatic heterocycles. The SMILES string of the molecule is CCCCCCCC(=O)N(CCC)CC(=O)OC. The van der Waals surface area contributed by atoms with Crippen LogP contribution in [0.3, 0.4) is 0 Å². The molecule has 0 aromatic carbocycles. The van der Waals surface area contributed by atoms with Gasteiger partial charge < -0.3 is 9.64 Å². The van der Waals surface area contributed by atoms with E-state index in [1.165, 1.54) is 26.4 Å². The van der Waals surface area contributed by atoms with Crippen LogP contribution in [0, 0.1) is 0 Å². The third kappa shape index (κ3) is 8.09. The topological polar surface area (TPSA) is 46.6 Å². The number of hydrogen-bond donors (Lipinski definition) is 0. The Kier molecular flexibility index (Phi) is 10.4. The second-order valence-corrected chi connectivity index (χ2v) is 4.56. The van der Waals surface area contributed by atoms with Gasteiger partial charge in [0.15, 0.2) is 0 Å². The molecule has 0 heterocycles. The minimum Gasteiger partial charge on any atom is -0.468 e. The monoisotopic (exact) mass is 257 g/mol. The summed E-state index contributed by atoms with van der Waals surface area (Å²) in [5.74, 6) is -0.276. The van der Waals surface area contributed by atoms with Gasteiger partial charge in [0.25, 0.3) is 0 Å². The van der Waals surface area contributed by atoms with E-state index in [1.54, 1.807) is 4.90 Å². The van der Waals surface area contributed by atoms with E-state index in [0.717, 1.165) is 19.3 Å². The zero-order valence-corrected chi connectivity index (χ0v) is 12.0. The lowest BCUT2D eigenvalue weighted by Crippen LogP contribution is -2.36. The van der Waals surface area contributed by atoms with Gasteiger partial charge in [-0.15, -0.1) is 0 Å². The van der Waals surface area contributed by atoms with Crippen LogP contribution in [0.2, 0.25) is 0 Å². The fourth-order valence-corrected chi connectivity index (χ4v) is 1.82. The van der Waals surface area contributed by atoms with Crippen LogP contribution in [0.1, 0.15) is 58.8 Å². The number of carbonyl (C=O) groups is 2. The summed E-state index contributed by atoms with van der Waals surface area (Å²) in [7, 11) is 1.35. The molecule has 0 aliphatic heterocycles. The van der Waals surface area contributed by atoms with Gasteiger partial charge >= 0.3 is 5.97 Å². The van der Waals surface area contributed by atoms with Crippen molar-refractivity contribution in [1.82, 2.24) is 4.90 Å². The number of esters is 1. The third-order valence-electron chi connectivity index (χ3n) is 2.89. The molecular formula is C14H27NO3. The van der Waals surface area contributed by atoms with Crippen molar-refractivity contribution in [3.05, 3.63) is 0 Å². The van der Waals surface area contributed by atoms with Crippen molar-refractivity contribution in [3.63, 3.8) is 0 Å². The number of ether oxygens (including phenoxy) is 1. The van der Waals surface area contributed by atoms with Gasteiger partial charge in [0.2, 0.25) is 5.91 Å². The number of amides is 1. The molecule has 0 radical (unpaired) electrons. The van der Waals surface area contributed by atoms with Gasteiger partial charge in [-0.25, -0.2) is 0 Å². The molecule has 18 heavy (non-hydrogen) atoms. The van der Waals surface area contributed by atoms with E-state index in [0.29, 0.717) is 13.0 Å². The highest BCUT2D eigenvalue weighted by atomic mass is 16.5. The largest absolute Gasteiger partial charge is 0.468 e. The predicted octanol–water partition coefficient (Wildman–Crippen LogP) is 2.76. The van der Waals surface area contributed by atoms with E-state index < -0.39 is 0 Å². The Bertz CT molecular complexity index is 241. The Labute approximate surface area is 111 Å². The van der Waals surface area contributed by atoms with Crippen LogP contribution in [0.25, 0.3) is 0 Å². The maximum Gasteiger partial charge on any atom is 0.325 e. The van der Waals surface area contributed by atoms with Crippen molar-refractivity contribution in [2.45, 2.75) is 58.8 Å². The molecule has 0 N–H and O–H groups in total. The fraction of sp³-hybridized carbons (Fsp3) is 0.857. The second-order valence-electron chi connectivity index (χ2n) is 4.56. The minimum atomic E-state index is -0.345. The molecule has 0 saturated heterocycles. The van der Waals surface area contributed by atoms with E-state index in [2.05, 4.69) is 11.7 Å². The molecular weight excluding hydrogens is 230 g/mol. The Balaban J connectivity index is 3.94. The number of carbonyl (C=O) groups excluding carboxylic acids is 2. The van der Waals surface area contributed by atoms with Crippen molar-refractivity contribution in [2.75, 3.05) is 20.2 Å². The van der Waals surface area contributed by atoms with Gasteiger partial charge in [0.05, 0.1) is 7.11 Å². The van der Waals surface area contributed by atoms with E-state index in [9.17, 15) is 9.59 Å². The summed E-state index contributed by atoms with van der Waals surface area (Å²) in [4.78, 5) is 24.7. The van der Waals surface area contributed by atoms with Gasteiger partial charge in [-0.2, -0.15) is 0 Å². The second kappa shape index (κ2) is 11.1. The van der Waals surface area contributed by atoms with Gasteiger partial charge in [0.1, 0.15) is 6.54 Å². The van der Waals surface area contributed by atoms with Gasteiger partial charge in [-0.05, 0) is 12.8 Å². The summed E-state index contributed by atoms with van der Waals surface area (Å²) in [6, 6.07) is 0. The maximum absolute atomic E-state index is 11.9. The smallest absolute Gasteiger partial charge is 0.325 e. The Morgan fingerprint density at radius 1 is 1.00 bits per heavy atom. The lowest BCUT2D eigenvalue weighted by atomic mass is 10.1. The number of nitrogens with zero attached hydrogens (tertiary/aromatic N) is 1. The molecule has 0 unspecified atom stereocenters. The van der Waals surface area contributed by atoms with Crippen LogP contribution in [0.15, 0.2) is 0 Å². The predicted molar refractivity (Wildman–Crippen MR) is 72.3 cm³/mol. The number of unbranched alkanes of at least 4 members (excludes halogenated alkanes) is 4. The van der Waals surface area contributed by atoms with Crippen molar-refractivity contribution in [2.24, 2.45) is 0 Å². The van der Waals surface area contributed by atoms with E-state index >= 15 is 0 Å². The first-order chi connectivity index (χ1) is 8.65. The summed E-state index contributed by atoms with van der Waals surface area (Å²) >= 11 is 0. The number of hydrogen-bond acceptors (Lipinski definition) is 3. The molecule has 0 rings (SSSR count). The van der Waals surface area contributed by atoms with Crippen molar-refractivity contribution in [1.29, 1.82) is 0 Å². The molecule has 0 atom stereocenters. The van der Waals surface area contributed by atoms with Crippen molar-refractivity contribution in [3.8, 4) is 0 Å². The van der Waals surface area contributed by atoms with Gasteiger partial charge in [-0.3, -0.25) is 9.59 Å². The molecule has 0 fully saturated rings. The summed E-state index contributed by atoms with van der Waals surface area (Å²) in [6.07, 6.45) is 7.04. The molecule has 4 nitrogen and oxygen atoms in total. The summed E-state index contributed by atoms with van der Waals surface area (Å²) in [5, 5.41) is 0. The number of methoxy groups -OCH3 is 1. The Hall–Kier alpha value is -1.06. The molecule has 0 aromatic rings. The van der Waals surface area contributed by atoms with Gasteiger partial charge in [0, 0.05) is 13.0 Å². The molecule has 0 spiro atoms. The average Bonchev–Trinajstić information content (AvgIpc) is 2.37. The van der Waals surface area contributed by atoms with Crippen LogP contribution in [-0.4, -0.2) is 37.0 Å². The minimum absolute atomic E-state index is 0.0683. The highest BCUT2D eigenvalue weighted by Gasteiger charge is 2.15. The highest BCUT2D eigenvalue weighted by molar-refractivity contribution is 5.81. The van der Waals surface area contributed by atoms with Crippen molar-refractivity contribution < 1.29 is 14.3 Å². The standard InChI is InChI=1S/C14H27NO3/c1-4-6-7-8-9-10-13(16)15(11-5-2)12-14(17)18-3/h4-12H2,1-3H3. The summed E-state index contributed by atoms with van der Waals surface area (Å²) in [6.45, 7) is 4.88. The quantitative estimate of drug-likeness (QED) is 0.446. The number of rotatable bonds is 10.